The predicted molar refractivity (Wildman–Crippen MR) is 114 cm³/mol. The van der Waals surface area contributed by atoms with Gasteiger partial charge in [0, 0.05) is 35.4 Å². The van der Waals surface area contributed by atoms with Crippen LogP contribution in [0.4, 0.5) is 5.69 Å². The highest BCUT2D eigenvalue weighted by atomic mass is 35.5. The number of anilines is 1. The Kier molecular flexibility index (Phi) is 4.66. The van der Waals surface area contributed by atoms with Crippen LogP contribution in [0.5, 0.6) is 0 Å². The minimum atomic E-state index is -0.139. The average molecular weight is 407 g/mol. The van der Waals surface area contributed by atoms with E-state index in [-0.39, 0.29) is 5.91 Å². The number of carbonyl (C=O) groups excluding carboxylic acids is 1. The first-order valence-electron chi connectivity index (χ1n) is 9.56. The summed E-state index contributed by atoms with van der Waals surface area (Å²) >= 11 is 6.30. The number of halogens is 1. The molecular weight excluding hydrogens is 388 g/mol. The van der Waals surface area contributed by atoms with Gasteiger partial charge < -0.3 is 9.64 Å². The smallest absolute Gasteiger partial charge is 0.284 e. The van der Waals surface area contributed by atoms with Gasteiger partial charge in [0.15, 0.2) is 0 Å². The van der Waals surface area contributed by atoms with Gasteiger partial charge in [0.1, 0.15) is 11.5 Å². The summed E-state index contributed by atoms with van der Waals surface area (Å²) in [5.74, 6) is 0.489. The van der Waals surface area contributed by atoms with E-state index in [0.717, 1.165) is 35.6 Å². The fraction of sp³-hybridized carbons (Fsp3) is 0.227. The molecule has 1 saturated heterocycles. The number of ether oxygens (including phenoxy) is 1. The van der Waals surface area contributed by atoms with Crippen molar-refractivity contribution in [2.75, 3.05) is 37.7 Å². The number of carbonyl (C=O) groups is 1. The Morgan fingerprint density at radius 2 is 1.86 bits per heavy atom. The van der Waals surface area contributed by atoms with Gasteiger partial charge in [-0.2, -0.15) is 0 Å². The largest absolute Gasteiger partial charge is 0.378 e. The number of morpholine rings is 1. The van der Waals surface area contributed by atoms with Crippen LogP contribution in [0, 0.1) is 0 Å². The van der Waals surface area contributed by atoms with Crippen LogP contribution in [-0.2, 0) is 9.53 Å². The Morgan fingerprint density at radius 1 is 1.07 bits per heavy atom. The quantitative estimate of drug-likeness (QED) is 0.720. The summed E-state index contributed by atoms with van der Waals surface area (Å²) in [5, 5.41) is 0.600. The Balaban J connectivity index is 1.59. The van der Waals surface area contributed by atoms with Crippen molar-refractivity contribution in [2.45, 2.75) is 0 Å². The first kappa shape index (κ1) is 18.1. The summed E-state index contributed by atoms with van der Waals surface area (Å²) < 4.78 is 5.38. The van der Waals surface area contributed by atoms with Crippen molar-refractivity contribution >= 4 is 34.7 Å². The Morgan fingerprint density at radius 3 is 2.66 bits per heavy atom. The van der Waals surface area contributed by atoms with Crippen LogP contribution in [0.25, 0.3) is 0 Å². The number of nitrogens with zero attached hydrogens (tertiary/aromatic N) is 4. The topological polar surface area (TPSA) is 57.5 Å². The lowest BCUT2D eigenvalue weighted by Crippen LogP contribution is -2.35. The molecule has 0 bridgehead atoms. The molecule has 5 rings (SSSR count). The first-order valence-corrected chi connectivity index (χ1v) is 9.94. The zero-order valence-electron chi connectivity index (χ0n) is 15.7. The molecule has 1 amide bonds. The highest BCUT2D eigenvalue weighted by Crippen LogP contribution is 2.33. The number of rotatable bonds is 2. The molecule has 0 unspecified atom stereocenters. The molecule has 0 aliphatic carbocycles. The second-order valence-corrected chi connectivity index (χ2v) is 7.46. The average Bonchev–Trinajstić information content (AvgIpc) is 2.96. The number of amides is 1. The van der Waals surface area contributed by atoms with E-state index in [1.807, 2.05) is 48.7 Å². The maximum absolute atomic E-state index is 13.3. The molecule has 6 nitrogen and oxygen atoms in total. The number of hydrogen-bond donors (Lipinski definition) is 0. The third kappa shape index (κ3) is 3.34. The summed E-state index contributed by atoms with van der Waals surface area (Å²) in [6, 6.07) is 15.5. The van der Waals surface area contributed by atoms with E-state index in [1.54, 1.807) is 11.0 Å². The normalized spacial score (nSPS) is 20.2. The van der Waals surface area contributed by atoms with Gasteiger partial charge in [-0.1, -0.05) is 41.9 Å². The first-order chi connectivity index (χ1) is 14.2. The highest BCUT2D eigenvalue weighted by Gasteiger charge is 2.35. The second-order valence-electron chi connectivity index (χ2n) is 7.02. The van der Waals surface area contributed by atoms with Crippen LogP contribution < -0.4 is 4.90 Å². The SMILES string of the molecule is O=C1/C(=C/N2CCOCC2)N=C2CN=C(c3ccccc3)c3cc(Cl)ccc3N12. The van der Waals surface area contributed by atoms with Gasteiger partial charge in [0.2, 0.25) is 0 Å². The van der Waals surface area contributed by atoms with Crippen molar-refractivity contribution < 1.29 is 9.53 Å². The molecule has 1 fully saturated rings. The minimum Gasteiger partial charge on any atom is -0.378 e. The summed E-state index contributed by atoms with van der Waals surface area (Å²) in [4.78, 5) is 26.4. The van der Waals surface area contributed by atoms with E-state index in [4.69, 9.17) is 21.3 Å². The Labute approximate surface area is 173 Å². The molecule has 7 heteroatoms. The zero-order chi connectivity index (χ0) is 19.8. The lowest BCUT2D eigenvalue weighted by Gasteiger charge is -2.25. The van der Waals surface area contributed by atoms with E-state index < -0.39 is 0 Å². The lowest BCUT2D eigenvalue weighted by molar-refractivity contribution is -0.114. The van der Waals surface area contributed by atoms with Crippen molar-refractivity contribution in [3.8, 4) is 0 Å². The molecule has 0 aromatic heterocycles. The van der Waals surface area contributed by atoms with Crippen LogP contribution in [-0.4, -0.2) is 55.2 Å². The number of amidine groups is 1. The zero-order valence-corrected chi connectivity index (χ0v) is 16.5. The Hall–Kier alpha value is -2.96. The van der Waals surface area contributed by atoms with Gasteiger partial charge in [0.25, 0.3) is 5.91 Å². The van der Waals surface area contributed by atoms with Gasteiger partial charge >= 0.3 is 0 Å². The van der Waals surface area contributed by atoms with Gasteiger partial charge in [0.05, 0.1) is 31.2 Å². The molecule has 3 aliphatic heterocycles. The van der Waals surface area contributed by atoms with Crippen molar-refractivity contribution in [1.29, 1.82) is 0 Å². The third-order valence-electron chi connectivity index (χ3n) is 5.16. The third-order valence-corrected chi connectivity index (χ3v) is 5.40. The van der Waals surface area contributed by atoms with E-state index in [0.29, 0.717) is 36.3 Å². The fourth-order valence-electron chi connectivity index (χ4n) is 3.76. The summed E-state index contributed by atoms with van der Waals surface area (Å²) in [5.41, 5.74) is 3.81. The van der Waals surface area contributed by atoms with E-state index in [9.17, 15) is 4.79 Å². The molecule has 3 heterocycles. The lowest BCUT2D eigenvalue weighted by atomic mass is 10.00. The van der Waals surface area contributed by atoms with Crippen molar-refractivity contribution in [1.82, 2.24) is 4.90 Å². The standard InChI is InChI=1S/C22H19ClN4O2/c23-16-6-7-19-17(12-16)21(15-4-2-1-3-5-15)24-13-20-25-18(22(28)27(19)20)14-26-8-10-29-11-9-26/h1-7,12,14H,8-11,13H2/b18-14-. The molecule has 2 aromatic rings. The summed E-state index contributed by atoms with van der Waals surface area (Å²) in [6.07, 6.45) is 1.84. The second kappa shape index (κ2) is 7.46. The number of benzene rings is 2. The minimum absolute atomic E-state index is 0.139. The van der Waals surface area contributed by atoms with Gasteiger partial charge in [-0.25, -0.2) is 4.99 Å². The van der Waals surface area contributed by atoms with Crippen molar-refractivity contribution in [2.24, 2.45) is 9.98 Å². The van der Waals surface area contributed by atoms with Gasteiger partial charge in [-0.3, -0.25) is 14.7 Å². The highest BCUT2D eigenvalue weighted by molar-refractivity contribution is 6.34. The number of aliphatic imine (C=N–C) groups is 2. The maximum atomic E-state index is 13.3. The summed E-state index contributed by atoms with van der Waals surface area (Å²) in [6.45, 7) is 3.14. The monoisotopic (exact) mass is 406 g/mol. The molecular formula is C22H19ClN4O2. The van der Waals surface area contributed by atoms with E-state index in [2.05, 4.69) is 9.89 Å². The van der Waals surface area contributed by atoms with Gasteiger partial charge in [-0.05, 0) is 18.2 Å². The molecule has 2 aromatic carbocycles. The van der Waals surface area contributed by atoms with E-state index >= 15 is 0 Å². The molecule has 0 radical (unpaired) electrons. The molecule has 0 spiro atoms. The molecule has 146 valence electrons. The fourth-order valence-corrected chi connectivity index (χ4v) is 3.93. The van der Waals surface area contributed by atoms with Crippen molar-refractivity contribution in [3.05, 3.63) is 76.6 Å². The number of hydrogen-bond acceptors (Lipinski definition) is 5. The molecule has 3 aliphatic rings. The number of fused-ring (bicyclic) bond motifs is 3. The molecule has 0 N–H and O–H groups in total. The van der Waals surface area contributed by atoms with Gasteiger partial charge in [-0.15, -0.1) is 0 Å². The van der Waals surface area contributed by atoms with E-state index in [1.165, 1.54) is 0 Å². The predicted octanol–water partition coefficient (Wildman–Crippen LogP) is 3.11. The molecule has 0 saturated carbocycles. The van der Waals surface area contributed by atoms with Crippen molar-refractivity contribution in [3.63, 3.8) is 0 Å². The van der Waals surface area contributed by atoms with Crippen LogP contribution in [0.2, 0.25) is 5.02 Å². The molecule has 0 atom stereocenters. The van der Waals surface area contributed by atoms with Crippen LogP contribution in [0.1, 0.15) is 11.1 Å². The van der Waals surface area contributed by atoms with Crippen LogP contribution >= 0.6 is 11.6 Å². The maximum Gasteiger partial charge on any atom is 0.284 e. The van der Waals surface area contributed by atoms with Crippen LogP contribution in [0.15, 0.2) is 70.4 Å². The Bertz CT molecular complexity index is 1060. The molecule has 29 heavy (non-hydrogen) atoms. The summed E-state index contributed by atoms with van der Waals surface area (Å²) in [7, 11) is 0. The van der Waals surface area contributed by atoms with Crippen LogP contribution in [0.3, 0.4) is 0 Å².